The van der Waals surface area contributed by atoms with Crippen molar-refractivity contribution in [1.82, 2.24) is 0 Å². The zero-order valence-electron chi connectivity index (χ0n) is 13.2. The molecule has 0 aromatic rings. The van der Waals surface area contributed by atoms with Gasteiger partial charge in [0.15, 0.2) is 0 Å². The topological polar surface area (TPSA) is 472 Å². The molecule has 31 heteroatoms. The molecule has 0 aliphatic rings. The molecular formula is H2Ce2CrN6O22. The Labute approximate surface area is 233 Å². The second-order valence-corrected chi connectivity index (χ2v) is 3.19. The first kappa shape index (κ1) is 56.8. The van der Waals surface area contributed by atoms with Crippen LogP contribution in [0.2, 0.25) is 0 Å². The molecule has 31 heavy (non-hydrogen) atoms. The van der Waals surface area contributed by atoms with E-state index in [-0.39, 0.29) is 83.5 Å². The third-order valence-electron chi connectivity index (χ3n) is 0. The van der Waals surface area contributed by atoms with Crippen molar-refractivity contribution < 1.29 is 144 Å². The van der Waals surface area contributed by atoms with Crippen LogP contribution in [0.1, 0.15) is 0 Å². The third kappa shape index (κ3) is 4760. The Balaban J connectivity index is -0.0000000258. The molecule has 0 bridgehead atoms. The monoisotopic (exact) mass is 770 g/mol. The van der Waals surface area contributed by atoms with E-state index in [1.165, 1.54) is 0 Å². The zero-order valence-corrected chi connectivity index (χ0v) is 20.7. The van der Waals surface area contributed by atoms with E-state index in [4.69, 9.17) is 108 Å². The molecule has 0 heterocycles. The van der Waals surface area contributed by atoms with Gasteiger partial charge in [0.2, 0.25) is 0 Å². The number of hydrogen-bond acceptors (Lipinski definition) is 20. The van der Waals surface area contributed by atoms with Crippen LogP contribution in [0, 0.1) is 175 Å². The van der Waals surface area contributed by atoms with E-state index < -0.39 is 44.1 Å². The molecule has 178 valence electrons. The first-order valence-corrected chi connectivity index (χ1v) is 6.17. The predicted octanol–water partition coefficient (Wildman–Crippen LogP) is -2.79. The average molecular weight is 770 g/mol. The second kappa shape index (κ2) is 42.2. The van der Waals surface area contributed by atoms with Crippen LogP contribution in [0.4, 0.5) is 0 Å². The first-order valence-electron chi connectivity index (χ1n) is 3.98. The Kier molecular flexibility index (Phi) is 77.3. The molecule has 0 aromatic heterocycles. The van der Waals surface area contributed by atoms with Gasteiger partial charge in [-0.15, -0.1) is 0 Å². The zero-order chi connectivity index (χ0) is 26.0. The minimum atomic E-state index is -5.25. The van der Waals surface area contributed by atoms with Crippen LogP contribution in [-0.4, -0.2) is 38.8 Å². The van der Waals surface area contributed by atoms with E-state index in [2.05, 4.69) is 0 Å². The van der Waals surface area contributed by atoms with Crippen LogP contribution in [0.3, 0.4) is 0 Å². The Bertz CT molecular complexity index is 441. The van der Waals surface area contributed by atoms with E-state index in [0.29, 0.717) is 0 Å². The minimum absolute atomic E-state index is 0. The van der Waals surface area contributed by atoms with Gasteiger partial charge in [0.05, 0.1) is 30.5 Å². The first-order chi connectivity index (χ1) is 12.4. The fourth-order valence-electron chi connectivity index (χ4n) is 0. The normalized spacial score (nSPS) is 6.52. The molecule has 2 N–H and O–H groups in total. The molecule has 0 aliphatic carbocycles. The van der Waals surface area contributed by atoms with Crippen molar-refractivity contribution >= 4 is 0 Å². The van der Waals surface area contributed by atoms with E-state index >= 15 is 0 Å². The van der Waals surface area contributed by atoms with E-state index in [1.807, 2.05) is 0 Å². The van der Waals surface area contributed by atoms with Gasteiger partial charge in [0.1, 0.15) is 0 Å². The van der Waals surface area contributed by atoms with Crippen molar-refractivity contribution in [3.63, 3.8) is 0 Å². The molecule has 2 radical (unpaired) electrons. The summed E-state index contributed by atoms with van der Waals surface area (Å²) in [6.07, 6.45) is 0. The van der Waals surface area contributed by atoms with Gasteiger partial charge < -0.3 is 91.9 Å². The predicted molar refractivity (Wildman–Crippen MR) is 68.0 cm³/mol. The van der Waals surface area contributed by atoms with Crippen molar-refractivity contribution in [2.45, 2.75) is 0 Å². The van der Waals surface area contributed by atoms with Crippen LogP contribution in [0.15, 0.2) is 0 Å². The quantitative estimate of drug-likeness (QED) is 0.186. The van der Waals surface area contributed by atoms with Crippen LogP contribution in [0.25, 0.3) is 0 Å². The second-order valence-electron chi connectivity index (χ2n) is 1.79. The number of rotatable bonds is 0. The van der Waals surface area contributed by atoms with Crippen molar-refractivity contribution in [2.24, 2.45) is 0 Å². The van der Waals surface area contributed by atoms with Crippen molar-refractivity contribution in [3.05, 3.63) is 91.9 Å². The molecule has 0 unspecified atom stereocenters. The fraction of sp³-hybridized carbons (Fsp3) is 0. The molecule has 0 aromatic carbocycles. The van der Waals surface area contributed by atoms with E-state index in [1.54, 1.807) is 0 Å². The summed E-state index contributed by atoms with van der Waals surface area (Å²) in [6.45, 7) is 0. The SMILES string of the molecule is O=[N+]([O-])[O-].O=[N+]([O-])[O-].O=[N+]([O-])[O-].O=[N+]([O-])[O-].O=[N+]([O-])[O-].O=[N+]([O-])[O-].[Ce+3].[Ce+3].[O]=[Cr](=[O])([OH])[OH]. The molecule has 0 atom stereocenters. The fourth-order valence-corrected chi connectivity index (χ4v) is 0. The summed E-state index contributed by atoms with van der Waals surface area (Å²) in [5.74, 6) is 0. The molecule has 28 nitrogen and oxygen atoms in total. The van der Waals surface area contributed by atoms with Gasteiger partial charge in [-0.2, -0.15) is 0 Å². The van der Waals surface area contributed by atoms with Gasteiger partial charge >= 0.3 is 113 Å². The maximum absolute atomic E-state index is 8.82. The Morgan fingerprint density at radius 3 is 0.387 bits per heavy atom. The number of nitrogens with zero attached hydrogens (tertiary/aromatic N) is 6. The molecule has 0 rings (SSSR count). The summed E-state index contributed by atoms with van der Waals surface area (Å²) in [7, 11) is 0. The van der Waals surface area contributed by atoms with E-state index in [0.717, 1.165) is 0 Å². The van der Waals surface area contributed by atoms with Crippen LogP contribution in [-0.2, 0) is 21.2 Å². The van der Waals surface area contributed by atoms with Gasteiger partial charge in [0, 0.05) is 0 Å². The Hall–Kier alpha value is -1.99. The van der Waals surface area contributed by atoms with Gasteiger partial charge in [-0.1, -0.05) is 0 Å². The molecule has 0 aliphatic heterocycles. The molecule has 0 saturated heterocycles. The van der Waals surface area contributed by atoms with Crippen LogP contribution in [0.5, 0.6) is 0 Å². The summed E-state index contributed by atoms with van der Waals surface area (Å²) in [5, 5.41) is 88.5. The molecular weight excluding hydrogens is 768 g/mol. The summed E-state index contributed by atoms with van der Waals surface area (Å²) in [4.78, 5) is 49.5. The summed E-state index contributed by atoms with van der Waals surface area (Å²) >= 11 is -5.25. The Morgan fingerprint density at radius 1 is 0.387 bits per heavy atom. The number of hydrogen-bond donors (Lipinski definition) is 2. The Morgan fingerprint density at radius 2 is 0.387 bits per heavy atom. The molecule has 0 fully saturated rings. The standard InChI is InChI=1S/2Ce.Cr.6NO3.2H2O.2O/c;;;6*2-1(3)4;;;;/h;;;;;;;;;2*1H2;;/q2*+3;+2;6*-1;;;;/p-2. The molecule has 0 amide bonds. The van der Waals surface area contributed by atoms with Crippen molar-refractivity contribution in [2.75, 3.05) is 0 Å². The van der Waals surface area contributed by atoms with Crippen molar-refractivity contribution in [3.8, 4) is 0 Å². The van der Waals surface area contributed by atoms with Gasteiger partial charge in [-0.3, -0.25) is 0 Å². The van der Waals surface area contributed by atoms with Gasteiger partial charge in [-0.05, 0) is 0 Å². The van der Waals surface area contributed by atoms with Gasteiger partial charge in [-0.25, -0.2) is 0 Å². The maximum atomic E-state index is 8.82. The average Bonchev–Trinajstić information content (AvgIpc) is 2.18. The molecule has 0 spiro atoms. The van der Waals surface area contributed by atoms with Crippen molar-refractivity contribution in [1.29, 1.82) is 0 Å². The summed E-state index contributed by atoms with van der Waals surface area (Å²) in [5.41, 5.74) is 0. The summed E-state index contributed by atoms with van der Waals surface area (Å²) in [6, 6.07) is 0. The molecule has 0 saturated carbocycles. The van der Waals surface area contributed by atoms with E-state index in [9.17, 15) is 0 Å². The van der Waals surface area contributed by atoms with Gasteiger partial charge in [0.25, 0.3) is 0 Å². The summed E-state index contributed by atoms with van der Waals surface area (Å²) < 4.78 is 31.9. The van der Waals surface area contributed by atoms with Crippen LogP contribution >= 0.6 is 0 Å². The third-order valence-corrected chi connectivity index (χ3v) is 0. The van der Waals surface area contributed by atoms with Crippen LogP contribution < -0.4 is 0 Å².